The highest BCUT2D eigenvalue weighted by Crippen LogP contribution is 2.17. The molecule has 0 spiro atoms. The fourth-order valence-electron chi connectivity index (χ4n) is 1.43. The van der Waals surface area contributed by atoms with Gasteiger partial charge in [0.1, 0.15) is 0 Å². The summed E-state index contributed by atoms with van der Waals surface area (Å²) in [5.74, 6) is 0. The van der Waals surface area contributed by atoms with Crippen molar-refractivity contribution < 1.29 is 4.74 Å². The third-order valence-electron chi connectivity index (χ3n) is 2.11. The van der Waals surface area contributed by atoms with Crippen molar-refractivity contribution in [1.82, 2.24) is 4.98 Å². The standard InChI is InChI=1S/C9H12N2OS/c13-9-7-8(1-2-10-9)11-3-5-12-6-4-11/h1-2,7H,3-6H2,(H,10,13). The fraction of sp³-hybridized carbons (Fsp3) is 0.444. The van der Waals surface area contributed by atoms with E-state index in [-0.39, 0.29) is 0 Å². The number of ether oxygens (including phenoxy) is 1. The lowest BCUT2D eigenvalue weighted by molar-refractivity contribution is 0.122. The van der Waals surface area contributed by atoms with Gasteiger partial charge in [0.05, 0.1) is 18.2 Å². The normalized spacial score (nSPS) is 17.5. The first-order valence-corrected chi connectivity index (χ1v) is 4.79. The number of rotatable bonds is 1. The number of aromatic nitrogens is 1. The lowest BCUT2D eigenvalue weighted by atomic mass is 10.3. The SMILES string of the molecule is Sc1cc(N2CCOCC2)ccn1. The summed E-state index contributed by atoms with van der Waals surface area (Å²) in [4.78, 5) is 6.32. The minimum atomic E-state index is 0.768. The zero-order valence-electron chi connectivity index (χ0n) is 7.31. The largest absolute Gasteiger partial charge is 0.378 e. The van der Waals surface area contributed by atoms with Gasteiger partial charge in [-0.2, -0.15) is 0 Å². The zero-order valence-corrected chi connectivity index (χ0v) is 8.20. The zero-order chi connectivity index (χ0) is 9.10. The van der Waals surface area contributed by atoms with Crippen molar-refractivity contribution in [3.8, 4) is 0 Å². The molecule has 0 atom stereocenters. The van der Waals surface area contributed by atoms with Crippen molar-refractivity contribution in [2.24, 2.45) is 0 Å². The molecule has 3 nitrogen and oxygen atoms in total. The molecule has 1 aliphatic rings. The highest BCUT2D eigenvalue weighted by Gasteiger charge is 2.10. The number of hydrogen-bond donors (Lipinski definition) is 1. The van der Waals surface area contributed by atoms with Gasteiger partial charge >= 0.3 is 0 Å². The van der Waals surface area contributed by atoms with Gasteiger partial charge in [-0.25, -0.2) is 0 Å². The molecule has 0 N–H and O–H groups in total. The molecule has 0 unspecified atom stereocenters. The van der Waals surface area contributed by atoms with E-state index >= 15 is 0 Å². The van der Waals surface area contributed by atoms with E-state index in [1.54, 1.807) is 6.20 Å². The molecule has 1 aliphatic heterocycles. The summed E-state index contributed by atoms with van der Waals surface area (Å²) in [6.45, 7) is 3.53. The van der Waals surface area contributed by atoms with E-state index in [1.807, 2.05) is 12.1 Å². The highest BCUT2D eigenvalue weighted by molar-refractivity contribution is 7.80. The van der Waals surface area contributed by atoms with Crippen molar-refractivity contribution in [2.45, 2.75) is 5.03 Å². The fourth-order valence-corrected chi connectivity index (χ4v) is 1.62. The molecule has 13 heavy (non-hydrogen) atoms. The third-order valence-corrected chi connectivity index (χ3v) is 2.35. The molecule has 0 radical (unpaired) electrons. The van der Waals surface area contributed by atoms with Gasteiger partial charge in [-0.3, -0.25) is 4.98 Å². The molecule has 2 heterocycles. The van der Waals surface area contributed by atoms with Crippen molar-refractivity contribution in [3.63, 3.8) is 0 Å². The van der Waals surface area contributed by atoms with Gasteiger partial charge in [-0.15, -0.1) is 12.6 Å². The Morgan fingerprint density at radius 1 is 1.38 bits per heavy atom. The van der Waals surface area contributed by atoms with Gasteiger partial charge in [0, 0.05) is 25.0 Å². The Hall–Kier alpha value is -0.740. The molecule has 0 saturated carbocycles. The number of hydrogen-bond acceptors (Lipinski definition) is 4. The predicted octanol–water partition coefficient (Wildman–Crippen LogP) is 1.21. The van der Waals surface area contributed by atoms with Crippen molar-refractivity contribution in [1.29, 1.82) is 0 Å². The van der Waals surface area contributed by atoms with Gasteiger partial charge in [0.25, 0.3) is 0 Å². The van der Waals surface area contributed by atoms with Crippen LogP contribution in [-0.2, 0) is 4.74 Å². The minimum absolute atomic E-state index is 0.768. The van der Waals surface area contributed by atoms with E-state index in [0.717, 1.165) is 31.3 Å². The Balaban J connectivity index is 2.14. The van der Waals surface area contributed by atoms with E-state index in [2.05, 4.69) is 22.5 Å². The average molecular weight is 196 g/mol. The van der Waals surface area contributed by atoms with Crippen LogP contribution in [0.4, 0.5) is 5.69 Å². The molecule has 0 bridgehead atoms. The first kappa shape index (κ1) is 8.84. The summed E-state index contributed by atoms with van der Waals surface area (Å²) in [7, 11) is 0. The average Bonchev–Trinajstić information content (AvgIpc) is 2.19. The molecule has 0 amide bonds. The van der Waals surface area contributed by atoms with Crippen LogP contribution < -0.4 is 4.90 Å². The number of thiol groups is 1. The number of nitrogens with zero attached hydrogens (tertiary/aromatic N) is 2. The summed E-state index contributed by atoms with van der Waals surface area (Å²) in [6, 6.07) is 3.99. The molecule has 1 aromatic heterocycles. The second kappa shape index (κ2) is 3.98. The third kappa shape index (κ3) is 2.14. The summed E-state index contributed by atoms with van der Waals surface area (Å²) in [5.41, 5.74) is 1.18. The van der Waals surface area contributed by atoms with Crippen LogP contribution >= 0.6 is 12.6 Å². The van der Waals surface area contributed by atoms with Crippen molar-refractivity contribution in [2.75, 3.05) is 31.2 Å². The maximum Gasteiger partial charge on any atom is 0.0950 e. The number of pyridine rings is 1. The number of morpholine rings is 1. The van der Waals surface area contributed by atoms with Gasteiger partial charge in [-0.1, -0.05) is 0 Å². The Kier molecular flexibility index (Phi) is 2.71. The van der Waals surface area contributed by atoms with Crippen molar-refractivity contribution in [3.05, 3.63) is 18.3 Å². The maximum absolute atomic E-state index is 5.28. The molecule has 70 valence electrons. The molecule has 2 rings (SSSR count). The lowest BCUT2D eigenvalue weighted by Crippen LogP contribution is -2.36. The van der Waals surface area contributed by atoms with E-state index in [0.29, 0.717) is 0 Å². The Morgan fingerprint density at radius 3 is 2.85 bits per heavy atom. The van der Waals surface area contributed by atoms with Crippen LogP contribution in [0, 0.1) is 0 Å². The molecular weight excluding hydrogens is 184 g/mol. The van der Waals surface area contributed by atoms with Crippen LogP contribution in [0.1, 0.15) is 0 Å². The summed E-state index contributed by atoms with van der Waals surface area (Å²) < 4.78 is 5.28. The quantitative estimate of drug-likeness (QED) is 0.683. The van der Waals surface area contributed by atoms with Crippen LogP contribution in [0.5, 0.6) is 0 Å². The van der Waals surface area contributed by atoms with Crippen LogP contribution in [0.2, 0.25) is 0 Å². The molecule has 1 aromatic rings. The van der Waals surface area contributed by atoms with Gasteiger partial charge in [0.2, 0.25) is 0 Å². The maximum atomic E-state index is 5.28. The Bertz CT molecular complexity index is 287. The lowest BCUT2D eigenvalue weighted by Gasteiger charge is -2.28. The van der Waals surface area contributed by atoms with Gasteiger partial charge in [0.15, 0.2) is 0 Å². The van der Waals surface area contributed by atoms with Crippen LogP contribution in [0.25, 0.3) is 0 Å². The molecule has 0 aliphatic carbocycles. The summed E-state index contributed by atoms with van der Waals surface area (Å²) in [6.07, 6.45) is 1.78. The van der Waals surface area contributed by atoms with Crippen LogP contribution in [0.3, 0.4) is 0 Å². The monoisotopic (exact) mass is 196 g/mol. The summed E-state index contributed by atoms with van der Waals surface area (Å²) in [5, 5.41) is 0.768. The molecular formula is C9H12N2OS. The Morgan fingerprint density at radius 2 is 2.15 bits per heavy atom. The smallest absolute Gasteiger partial charge is 0.0950 e. The first-order valence-electron chi connectivity index (χ1n) is 4.34. The van der Waals surface area contributed by atoms with Gasteiger partial charge < -0.3 is 9.64 Å². The van der Waals surface area contributed by atoms with E-state index in [4.69, 9.17) is 4.74 Å². The Labute approximate surface area is 83.1 Å². The molecule has 0 aromatic carbocycles. The topological polar surface area (TPSA) is 25.4 Å². The predicted molar refractivity (Wildman–Crippen MR) is 54.5 cm³/mol. The molecule has 4 heteroatoms. The summed E-state index contributed by atoms with van der Waals surface area (Å²) >= 11 is 4.20. The molecule has 1 saturated heterocycles. The van der Waals surface area contributed by atoms with Crippen LogP contribution in [-0.4, -0.2) is 31.3 Å². The highest BCUT2D eigenvalue weighted by atomic mass is 32.1. The van der Waals surface area contributed by atoms with Crippen LogP contribution in [0.15, 0.2) is 23.4 Å². The first-order chi connectivity index (χ1) is 6.36. The van der Waals surface area contributed by atoms with E-state index < -0.39 is 0 Å². The number of anilines is 1. The van der Waals surface area contributed by atoms with E-state index in [9.17, 15) is 0 Å². The van der Waals surface area contributed by atoms with E-state index in [1.165, 1.54) is 5.69 Å². The minimum Gasteiger partial charge on any atom is -0.378 e. The second-order valence-corrected chi connectivity index (χ2v) is 3.43. The second-order valence-electron chi connectivity index (χ2n) is 2.97. The molecule has 1 fully saturated rings. The van der Waals surface area contributed by atoms with Crippen molar-refractivity contribution >= 4 is 18.3 Å². The van der Waals surface area contributed by atoms with Gasteiger partial charge in [-0.05, 0) is 12.1 Å².